The second-order valence-electron chi connectivity index (χ2n) is 9.92. The third-order valence-corrected chi connectivity index (χ3v) is 7.06. The molecule has 3 rings (SSSR count). The van der Waals surface area contributed by atoms with Crippen LogP contribution in [0.25, 0.3) is 6.08 Å². The van der Waals surface area contributed by atoms with Crippen LogP contribution in [-0.2, 0) is 4.79 Å². The van der Waals surface area contributed by atoms with Crippen LogP contribution in [0.15, 0.2) is 36.4 Å². The van der Waals surface area contributed by atoms with Crippen LogP contribution in [0.4, 0.5) is 5.69 Å². The van der Waals surface area contributed by atoms with E-state index in [1.807, 2.05) is 17.1 Å². The second-order valence-corrected chi connectivity index (χ2v) is 9.92. The van der Waals surface area contributed by atoms with Gasteiger partial charge in [0.15, 0.2) is 11.5 Å². The summed E-state index contributed by atoms with van der Waals surface area (Å²) in [6.07, 6.45) is 10.5. The number of hydrogen-bond donors (Lipinski definition) is 1. The maximum atomic E-state index is 12.6. The molecule has 208 valence electrons. The van der Waals surface area contributed by atoms with Crippen molar-refractivity contribution in [3.63, 3.8) is 0 Å². The molecule has 1 N–H and O–H groups in total. The summed E-state index contributed by atoms with van der Waals surface area (Å²) in [6, 6.07) is 10.3. The van der Waals surface area contributed by atoms with Crippen molar-refractivity contribution < 1.29 is 19.0 Å². The summed E-state index contributed by atoms with van der Waals surface area (Å²) in [4.78, 5) is 15.0. The predicted molar refractivity (Wildman–Crippen MR) is 155 cm³/mol. The van der Waals surface area contributed by atoms with Crippen LogP contribution in [0, 0.1) is 13.8 Å². The molecule has 0 saturated carbocycles. The summed E-state index contributed by atoms with van der Waals surface area (Å²) in [5, 5.41) is 1.98. The van der Waals surface area contributed by atoms with Crippen LogP contribution in [0.2, 0.25) is 0 Å². The number of carbonyl (C=O) groups excluding carboxylic acids is 1. The summed E-state index contributed by atoms with van der Waals surface area (Å²) in [5.41, 5.74) is 7.64. The average molecular weight is 524 g/mol. The van der Waals surface area contributed by atoms with Crippen LogP contribution in [0.1, 0.15) is 62.1 Å². The lowest BCUT2D eigenvalue weighted by molar-refractivity contribution is -0.121. The van der Waals surface area contributed by atoms with Gasteiger partial charge in [-0.25, -0.2) is 5.01 Å². The van der Waals surface area contributed by atoms with Gasteiger partial charge in [0.05, 0.1) is 20.8 Å². The van der Waals surface area contributed by atoms with Crippen molar-refractivity contribution in [1.29, 1.82) is 0 Å². The molecule has 2 aromatic carbocycles. The molecule has 0 unspecified atom stereocenters. The van der Waals surface area contributed by atoms with Crippen molar-refractivity contribution in [3.05, 3.63) is 53.1 Å². The second kappa shape index (κ2) is 15.3. The van der Waals surface area contributed by atoms with Gasteiger partial charge < -0.3 is 19.1 Å². The van der Waals surface area contributed by atoms with Gasteiger partial charge in [0.2, 0.25) is 5.75 Å². The molecule has 1 aliphatic rings. The van der Waals surface area contributed by atoms with Crippen LogP contribution in [0.3, 0.4) is 0 Å². The number of aryl methyl sites for hydroxylation is 2. The van der Waals surface area contributed by atoms with E-state index in [4.69, 9.17) is 14.2 Å². The zero-order valence-corrected chi connectivity index (χ0v) is 23.8. The number of hydrazine groups is 1. The summed E-state index contributed by atoms with van der Waals surface area (Å²) in [6.45, 7) is 10.4. The Balaban J connectivity index is 1.51. The number of carbonyl (C=O) groups is 1. The van der Waals surface area contributed by atoms with Gasteiger partial charge in [-0.3, -0.25) is 10.2 Å². The zero-order valence-electron chi connectivity index (χ0n) is 23.8. The average Bonchev–Trinajstić information content (AvgIpc) is 2.93. The highest BCUT2D eigenvalue weighted by molar-refractivity contribution is 5.91. The molecule has 0 spiro atoms. The molecule has 2 aromatic rings. The number of rotatable bonds is 14. The first-order valence-corrected chi connectivity index (χ1v) is 13.9. The highest BCUT2D eigenvalue weighted by Gasteiger charge is 2.19. The number of unbranched alkanes of at least 4 members (excludes halogenated alkanes) is 5. The van der Waals surface area contributed by atoms with E-state index in [1.165, 1.54) is 42.5 Å². The van der Waals surface area contributed by atoms with Gasteiger partial charge >= 0.3 is 0 Å². The highest BCUT2D eigenvalue weighted by atomic mass is 16.5. The summed E-state index contributed by atoms with van der Waals surface area (Å²) in [5.74, 6) is 1.63. The number of nitrogens with zero attached hydrogens (tertiary/aromatic N) is 2. The minimum atomic E-state index is -0.161. The third-order valence-electron chi connectivity index (χ3n) is 7.06. The molecule has 0 bridgehead atoms. The fourth-order valence-electron chi connectivity index (χ4n) is 4.56. The van der Waals surface area contributed by atoms with E-state index in [-0.39, 0.29) is 5.91 Å². The normalized spacial score (nSPS) is 14.1. The Kier molecular flexibility index (Phi) is 11.8. The number of hydrogen-bond acceptors (Lipinski definition) is 6. The van der Waals surface area contributed by atoms with Gasteiger partial charge in [0.1, 0.15) is 0 Å². The summed E-state index contributed by atoms with van der Waals surface area (Å²) >= 11 is 0. The van der Waals surface area contributed by atoms with Gasteiger partial charge in [0.25, 0.3) is 5.91 Å². The van der Waals surface area contributed by atoms with E-state index in [2.05, 4.69) is 49.3 Å². The fourth-order valence-corrected chi connectivity index (χ4v) is 4.56. The van der Waals surface area contributed by atoms with Gasteiger partial charge in [-0.2, -0.15) is 0 Å². The van der Waals surface area contributed by atoms with Gasteiger partial charge in [-0.05, 0) is 67.3 Å². The quantitative estimate of drug-likeness (QED) is 0.245. The molecule has 0 radical (unpaired) electrons. The van der Waals surface area contributed by atoms with Crippen LogP contribution < -0.4 is 24.5 Å². The van der Waals surface area contributed by atoms with Crippen LogP contribution >= 0.6 is 0 Å². The van der Waals surface area contributed by atoms with E-state index in [1.54, 1.807) is 26.4 Å². The molecular formula is C31H45N3O4. The zero-order chi connectivity index (χ0) is 27.3. The summed E-state index contributed by atoms with van der Waals surface area (Å²) < 4.78 is 17.2. The lowest BCUT2D eigenvalue weighted by Crippen LogP contribution is -2.53. The molecule has 0 aromatic heterocycles. The van der Waals surface area contributed by atoms with Crippen molar-refractivity contribution in [2.24, 2.45) is 0 Å². The monoisotopic (exact) mass is 523 g/mol. The highest BCUT2D eigenvalue weighted by Crippen LogP contribution is 2.39. The maximum absolute atomic E-state index is 12.6. The van der Waals surface area contributed by atoms with Crippen molar-refractivity contribution in [3.8, 4) is 17.2 Å². The van der Waals surface area contributed by atoms with E-state index in [0.29, 0.717) is 23.9 Å². The largest absolute Gasteiger partial charge is 0.493 e. The minimum absolute atomic E-state index is 0.161. The Bertz CT molecular complexity index is 1040. The lowest BCUT2D eigenvalue weighted by atomic mass is 10.1. The van der Waals surface area contributed by atoms with Gasteiger partial charge in [0, 0.05) is 37.9 Å². The van der Waals surface area contributed by atoms with E-state index >= 15 is 0 Å². The number of anilines is 1. The van der Waals surface area contributed by atoms with E-state index in [0.717, 1.165) is 44.6 Å². The molecular weight excluding hydrogens is 478 g/mol. The van der Waals surface area contributed by atoms with Crippen molar-refractivity contribution in [1.82, 2.24) is 10.4 Å². The molecule has 1 saturated heterocycles. The van der Waals surface area contributed by atoms with Gasteiger partial charge in [-0.15, -0.1) is 0 Å². The molecule has 38 heavy (non-hydrogen) atoms. The standard InChI is InChI=1S/C31H45N3O4/c1-6-7-8-9-10-11-20-38-31-28(36-4)22-26(23-29(31)37-5)13-15-30(35)32-34-18-16-33(17-19-34)27-14-12-24(2)25(3)21-27/h12-15,21-23H,6-11,16-20H2,1-5H3,(H,32,35). The Hall–Kier alpha value is -3.19. The molecule has 7 nitrogen and oxygen atoms in total. The first-order valence-electron chi connectivity index (χ1n) is 13.9. The van der Waals surface area contributed by atoms with E-state index in [9.17, 15) is 4.79 Å². The molecule has 7 heteroatoms. The fraction of sp³-hybridized carbons (Fsp3) is 0.516. The van der Waals surface area contributed by atoms with E-state index < -0.39 is 0 Å². The number of ether oxygens (including phenoxy) is 3. The van der Waals surface area contributed by atoms with Crippen molar-refractivity contribution in [2.75, 3.05) is 51.9 Å². The minimum Gasteiger partial charge on any atom is -0.493 e. The molecule has 1 amide bonds. The Morgan fingerprint density at radius 3 is 2.18 bits per heavy atom. The third kappa shape index (κ3) is 8.69. The maximum Gasteiger partial charge on any atom is 0.258 e. The summed E-state index contributed by atoms with van der Waals surface area (Å²) in [7, 11) is 3.23. The lowest BCUT2D eigenvalue weighted by Gasteiger charge is -2.36. The number of benzene rings is 2. The SMILES string of the molecule is CCCCCCCCOc1c(OC)cc(C=CC(=O)NN2CCN(c3ccc(C)c(C)c3)CC2)cc1OC. The first-order chi connectivity index (χ1) is 18.4. The van der Waals surface area contributed by atoms with Crippen LogP contribution in [-0.4, -0.2) is 57.9 Å². The molecule has 0 atom stereocenters. The number of methoxy groups -OCH3 is 2. The number of nitrogens with one attached hydrogen (secondary N) is 1. The Morgan fingerprint density at radius 2 is 1.55 bits per heavy atom. The number of amides is 1. The van der Waals surface area contributed by atoms with Crippen molar-refractivity contribution >= 4 is 17.7 Å². The predicted octanol–water partition coefficient (Wildman–Crippen LogP) is 5.93. The Morgan fingerprint density at radius 1 is 0.895 bits per heavy atom. The molecule has 0 aliphatic carbocycles. The van der Waals surface area contributed by atoms with Crippen LogP contribution in [0.5, 0.6) is 17.2 Å². The number of piperazine rings is 1. The molecule has 1 fully saturated rings. The Labute approximate surface area is 228 Å². The molecule has 1 aliphatic heterocycles. The molecule has 1 heterocycles. The smallest absolute Gasteiger partial charge is 0.258 e. The topological polar surface area (TPSA) is 63.3 Å². The van der Waals surface area contributed by atoms with Crippen molar-refractivity contribution in [2.45, 2.75) is 59.3 Å². The first kappa shape index (κ1) is 29.4. The van der Waals surface area contributed by atoms with Gasteiger partial charge in [-0.1, -0.05) is 45.1 Å².